The predicted octanol–water partition coefficient (Wildman–Crippen LogP) is 2.41. The standard InChI is InChI=1S/C14H12BrN5O/c15-11-5-6-12(10-4-2-1-3-9(10)11)18-13(21)7-20-8-17-14(16)19-20/h1-6,8H,7H2,(H2,16,19)(H,18,21). The molecule has 0 saturated heterocycles. The smallest absolute Gasteiger partial charge is 0.246 e. The second-order valence-electron chi connectivity index (χ2n) is 4.49. The molecule has 0 fully saturated rings. The summed E-state index contributed by atoms with van der Waals surface area (Å²) >= 11 is 3.50. The molecular weight excluding hydrogens is 334 g/mol. The van der Waals surface area contributed by atoms with Gasteiger partial charge in [0.2, 0.25) is 11.9 Å². The Morgan fingerprint density at radius 3 is 2.71 bits per heavy atom. The van der Waals surface area contributed by atoms with E-state index in [9.17, 15) is 4.79 Å². The third-order valence-corrected chi connectivity index (χ3v) is 3.70. The highest BCUT2D eigenvalue weighted by Gasteiger charge is 2.09. The van der Waals surface area contributed by atoms with Crippen molar-refractivity contribution in [3.8, 4) is 0 Å². The van der Waals surface area contributed by atoms with E-state index in [2.05, 4.69) is 31.3 Å². The Morgan fingerprint density at radius 1 is 1.24 bits per heavy atom. The van der Waals surface area contributed by atoms with Crippen LogP contribution in [-0.2, 0) is 11.3 Å². The minimum absolute atomic E-state index is 0.0641. The lowest BCUT2D eigenvalue weighted by molar-refractivity contribution is -0.116. The molecule has 0 unspecified atom stereocenters. The van der Waals surface area contributed by atoms with Gasteiger partial charge in [0.15, 0.2) is 0 Å². The van der Waals surface area contributed by atoms with Gasteiger partial charge in [0, 0.05) is 15.5 Å². The zero-order valence-electron chi connectivity index (χ0n) is 11.0. The molecule has 0 aliphatic rings. The first-order valence-corrected chi connectivity index (χ1v) is 7.05. The summed E-state index contributed by atoms with van der Waals surface area (Å²) in [5.41, 5.74) is 6.17. The number of nitrogens with one attached hydrogen (secondary N) is 1. The summed E-state index contributed by atoms with van der Waals surface area (Å²) in [6.07, 6.45) is 1.43. The molecule has 0 aliphatic carbocycles. The summed E-state index contributed by atoms with van der Waals surface area (Å²) in [5, 5.41) is 8.78. The van der Waals surface area contributed by atoms with Crippen LogP contribution in [0.1, 0.15) is 0 Å². The van der Waals surface area contributed by atoms with E-state index in [-0.39, 0.29) is 18.4 Å². The van der Waals surface area contributed by atoms with E-state index >= 15 is 0 Å². The Hall–Kier alpha value is -2.41. The first kappa shape index (κ1) is 13.6. The first-order chi connectivity index (χ1) is 10.1. The van der Waals surface area contributed by atoms with Crippen LogP contribution in [0.15, 0.2) is 47.2 Å². The highest BCUT2D eigenvalue weighted by atomic mass is 79.9. The minimum atomic E-state index is -0.188. The summed E-state index contributed by atoms with van der Waals surface area (Å²) in [4.78, 5) is 15.8. The number of benzene rings is 2. The number of nitrogens with zero attached hydrogens (tertiary/aromatic N) is 3. The van der Waals surface area contributed by atoms with Gasteiger partial charge in [-0.1, -0.05) is 40.2 Å². The van der Waals surface area contributed by atoms with E-state index < -0.39 is 0 Å². The Morgan fingerprint density at radius 2 is 2.00 bits per heavy atom. The van der Waals surface area contributed by atoms with Crippen molar-refractivity contribution in [2.75, 3.05) is 11.1 Å². The number of hydrogen-bond acceptors (Lipinski definition) is 4. The number of carbonyl (C=O) groups excluding carboxylic acids is 1. The van der Waals surface area contributed by atoms with Gasteiger partial charge >= 0.3 is 0 Å². The van der Waals surface area contributed by atoms with Crippen LogP contribution in [0.5, 0.6) is 0 Å². The lowest BCUT2D eigenvalue weighted by Gasteiger charge is -2.10. The van der Waals surface area contributed by atoms with Crippen LogP contribution in [0, 0.1) is 0 Å². The van der Waals surface area contributed by atoms with Crippen molar-refractivity contribution in [2.45, 2.75) is 6.54 Å². The number of halogens is 1. The number of amides is 1. The molecule has 0 saturated carbocycles. The molecule has 0 radical (unpaired) electrons. The molecule has 3 rings (SSSR count). The number of aromatic nitrogens is 3. The molecule has 0 spiro atoms. The lowest BCUT2D eigenvalue weighted by atomic mass is 10.1. The first-order valence-electron chi connectivity index (χ1n) is 6.25. The zero-order chi connectivity index (χ0) is 14.8. The number of rotatable bonds is 3. The molecule has 1 aromatic heterocycles. The van der Waals surface area contributed by atoms with Crippen molar-refractivity contribution in [1.82, 2.24) is 14.8 Å². The zero-order valence-corrected chi connectivity index (χ0v) is 12.5. The molecule has 0 atom stereocenters. The Bertz CT molecular complexity index is 814. The summed E-state index contributed by atoms with van der Waals surface area (Å²) in [6.45, 7) is 0.0641. The van der Waals surface area contributed by atoms with E-state index in [1.165, 1.54) is 11.0 Å². The van der Waals surface area contributed by atoms with Gasteiger partial charge in [-0.15, -0.1) is 5.10 Å². The van der Waals surface area contributed by atoms with E-state index in [4.69, 9.17) is 5.73 Å². The highest BCUT2D eigenvalue weighted by Crippen LogP contribution is 2.29. The Kier molecular flexibility index (Phi) is 3.57. The number of carbonyl (C=O) groups is 1. The SMILES string of the molecule is Nc1ncn(CC(=O)Nc2ccc(Br)c3ccccc23)n1. The summed E-state index contributed by atoms with van der Waals surface area (Å²) in [6, 6.07) is 11.6. The Balaban J connectivity index is 1.85. The number of hydrogen-bond donors (Lipinski definition) is 2. The molecule has 1 amide bonds. The normalized spacial score (nSPS) is 10.7. The second kappa shape index (κ2) is 5.53. The number of nitrogen functional groups attached to an aromatic ring is 1. The Labute approximate surface area is 129 Å². The molecule has 3 N–H and O–H groups in total. The van der Waals surface area contributed by atoms with Crippen LogP contribution in [-0.4, -0.2) is 20.7 Å². The molecule has 1 heterocycles. The van der Waals surface area contributed by atoms with E-state index in [1.807, 2.05) is 36.4 Å². The fraction of sp³-hybridized carbons (Fsp3) is 0.0714. The van der Waals surface area contributed by atoms with Gasteiger partial charge in [-0.25, -0.2) is 9.67 Å². The van der Waals surface area contributed by atoms with Gasteiger partial charge in [-0.2, -0.15) is 0 Å². The quantitative estimate of drug-likeness (QED) is 0.763. The molecular formula is C14H12BrN5O. The van der Waals surface area contributed by atoms with Gasteiger partial charge < -0.3 is 11.1 Å². The third kappa shape index (κ3) is 2.87. The molecule has 21 heavy (non-hydrogen) atoms. The van der Waals surface area contributed by atoms with Crippen molar-refractivity contribution in [2.24, 2.45) is 0 Å². The van der Waals surface area contributed by atoms with Gasteiger partial charge in [0.25, 0.3) is 0 Å². The molecule has 0 aliphatic heterocycles. The summed E-state index contributed by atoms with van der Waals surface area (Å²) in [7, 11) is 0. The number of anilines is 2. The summed E-state index contributed by atoms with van der Waals surface area (Å²) in [5.74, 6) is -0.0377. The molecule has 2 aromatic carbocycles. The van der Waals surface area contributed by atoms with Gasteiger partial charge in [-0.3, -0.25) is 4.79 Å². The monoisotopic (exact) mass is 345 g/mol. The van der Waals surface area contributed by atoms with Gasteiger partial charge in [-0.05, 0) is 17.5 Å². The predicted molar refractivity (Wildman–Crippen MR) is 84.7 cm³/mol. The van der Waals surface area contributed by atoms with Crippen molar-refractivity contribution in [1.29, 1.82) is 0 Å². The lowest BCUT2D eigenvalue weighted by Crippen LogP contribution is -2.19. The largest absolute Gasteiger partial charge is 0.367 e. The number of fused-ring (bicyclic) bond motifs is 1. The average Bonchev–Trinajstić information content (AvgIpc) is 2.87. The molecule has 7 heteroatoms. The van der Waals surface area contributed by atoms with Crippen LogP contribution < -0.4 is 11.1 Å². The van der Waals surface area contributed by atoms with Crippen LogP contribution in [0.2, 0.25) is 0 Å². The van der Waals surface area contributed by atoms with Crippen molar-refractivity contribution in [3.63, 3.8) is 0 Å². The fourth-order valence-electron chi connectivity index (χ4n) is 2.09. The maximum Gasteiger partial charge on any atom is 0.246 e. The second-order valence-corrected chi connectivity index (χ2v) is 5.34. The maximum absolute atomic E-state index is 12.1. The van der Waals surface area contributed by atoms with Crippen LogP contribution in [0.25, 0.3) is 10.8 Å². The topological polar surface area (TPSA) is 85.8 Å². The molecule has 0 bridgehead atoms. The average molecular weight is 346 g/mol. The van der Waals surface area contributed by atoms with E-state index in [0.29, 0.717) is 0 Å². The van der Waals surface area contributed by atoms with E-state index in [1.54, 1.807) is 0 Å². The van der Waals surface area contributed by atoms with Crippen LogP contribution in [0.3, 0.4) is 0 Å². The molecule has 106 valence electrons. The van der Waals surface area contributed by atoms with Gasteiger partial charge in [0.05, 0.1) is 0 Å². The molecule has 6 nitrogen and oxygen atoms in total. The maximum atomic E-state index is 12.1. The minimum Gasteiger partial charge on any atom is -0.367 e. The molecule has 3 aromatic rings. The van der Waals surface area contributed by atoms with E-state index in [0.717, 1.165) is 20.9 Å². The van der Waals surface area contributed by atoms with Crippen molar-refractivity contribution >= 4 is 44.2 Å². The van der Waals surface area contributed by atoms with Crippen molar-refractivity contribution in [3.05, 3.63) is 47.2 Å². The van der Waals surface area contributed by atoms with Crippen LogP contribution >= 0.6 is 15.9 Å². The number of nitrogens with two attached hydrogens (primary N) is 1. The fourth-order valence-corrected chi connectivity index (χ4v) is 2.57. The van der Waals surface area contributed by atoms with Gasteiger partial charge in [0.1, 0.15) is 12.9 Å². The summed E-state index contributed by atoms with van der Waals surface area (Å²) < 4.78 is 2.38. The van der Waals surface area contributed by atoms with Crippen LogP contribution in [0.4, 0.5) is 11.6 Å². The van der Waals surface area contributed by atoms with Crippen molar-refractivity contribution < 1.29 is 4.79 Å². The highest BCUT2D eigenvalue weighted by molar-refractivity contribution is 9.10. The third-order valence-electron chi connectivity index (χ3n) is 3.00.